The average molecular weight is 809 g/mol. The first-order valence-corrected chi connectivity index (χ1v) is 20.0. The fourth-order valence-electron chi connectivity index (χ4n) is 4.05. The minimum Gasteiger partial charge on any atom is -0.379 e. The van der Waals surface area contributed by atoms with Crippen LogP contribution in [0, 0.1) is 6.92 Å². The first-order valence-electron chi connectivity index (χ1n) is 19.6. The predicted octanol–water partition coefficient (Wildman–Crippen LogP) is 2.20. The summed E-state index contributed by atoms with van der Waals surface area (Å²) < 4.78 is 54.0. The number of ether oxygens (including phenoxy) is 9. The molecule has 0 atom stereocenters. The average Bonchev–Trinajstić information content (AvgIpc) is 3.81. The Kier molecular flexibility index (Phi) is 39.6. The molecule has 0 saturated carbocycles. The van der Waals surface area contributed by atoms with Gasteiger partial charge in [0.1, 0.15) is 5.03 Å². The minimum atomic E-state index is -0.0416. The molecule has 0 spiro atoms. The number of carbonyl (C=O) groups is 1. The van der Waals surface area contributed by atoms with Gasteiger partial charge in [0.15, 0.2) is 0 Å². The Labute approximate surface area is 334 Å². The van der Waals surface area contributed by atoms with Crippen LogP contribution in [0.3, 0.4) is 0 Å². The van der Waals surface area contributed by atoms with Crippen molar-refractivity contribution in [1.29, 1.82) is 0 Å². The van der Waals surface area contributed by atoms with Gasteiger partial charge in [-0.05, 0) is 6.92 Å². The monoisotopic (exact) mass is 809 g/mol. The summed E-state index contributed by atoms with van der Waals surface area (Å²) in [5.74, 6) is -0.0416. The number of nitrogens with zero attached hydrogens (tertiary/aromatic N) is 7. The molecule has 1 N–H and O–H groups in total. The van der Waals surface area contributed by atoms with Crippen LogP contribution < -0.4 is 5.32 Å². The Morgan fingerprint density at radius 1 is 0.600 bits per heavy atom. The maximum absolute atomic E-state index is 11.2. The molecule has 0 radical (unpaired) electrons. The van der Waals surface area contributed by atoms with Crippen molar-refractivity contribution < 1.29 is 47.4 Å². The van der Waals surface area contributed by atoms with Gasteiger partial charge in [0.2, 0.25) is 5.91 Å². The van der Waals surface area contributed by atoms with Gasteiger partial charge in [-0.1, -0.05) is 44.5 Å². The molecule has 0 fully saturated rings. The molecule has 0 unspecified atom stereocenters. The summed E-state index contributed by atoms with van der Waals surface area (Å²) in [7, 11) is 1.61. The van der Waals surface area contributed by atoms with Crippen LogP contribution in [-0.2, 0) is 60.5 Å². The van der Waals surface area contributed by atoms with Crippen LogP contribution in [0.2, 0.25) is 0 Å². The van der Waals surface area contributed by atoms with E-state index in [9.17, 15) is 4.79 Å². The maximum atomic E-state index is 11.2. The predicted molar refractivity (Wildman–Crippen MR) is 212 cm³/mol. The third-order valence-electron chi connectivity index (χ3n) is 6.75. The fourth-order valence-corrected chi connectivity index (χ4v) is 4.22. The Morgan fingerprint density at radius 3 is 1.29 bits per heavy atom. The van der Waals surface area contributed by atoms with Gasteiger partial charge < -0.3 is 47.9 Å². The Hall–Kier alpha value is -2.30. The highest BCUT2D eigenvalue weighted by Crippen LogP contribution is 1.97. The van der Waals surface area contributed by atoms with Gasteiger partial charge in [0, 0.05) is 39.3 Å². The molecule has 2 rings (SSSR count). The number of rotatable bonds is 36. The summed E-state index contributed by atoms with van der Waals surface area (Å²) in [6.45, 7) is 22.6. The largest absolute Gasteiger partial charge is 0.379 e. The van der Waals surface area contributed by atoms with Crippen molar-refractivity contribution in [3.8, 4) is 0 Å². The van der Waals surface area contributed by atoms with Gasteiger partial charge in [-0.3, -0.25) is 9.69 Å². The highest BCUT2D eigenvalue weighted by atomic mass is 32.1. The van der Waals surface area contributed by atoms with Crippen LogP contribution in [0.1, 0.15) is 46.2 Å². The minimum absolute atomic E-state index is 0.0416. The van der Waals surface area contributed by atoms with Crippen molar-refractivity contribution in [2.24, 2.45) is 0 Å². The van der Waals surface area contributed by atoms with E-state index in [-0.39, 0.29) is 5.91 Å². The zero-order valence-corrected chi connectivity index (χ0v) is 35.4. The first kappa shape index (κ1) is 52.7. The molecule has 2 heterocycles. The van der Waals surface area contributed by atoms with E-state index in [0.29, 0.717) is 143 Å². The summed E-state index contributed by atoms with van der Waals surface area (Å²) in [6.07, 6.45) is 5.22. The summed E-state index contributed by atoms with van der Waals surface area (Å²) >= 11 is 4.13. The van der Waals surface area contributed by atoms with Crippen molar-refractivity contribution in [3.63, 3.8) is 0 Å². The quantitative estimate of drug-likeness (QED) is 0.0757. The van der Waals surface area contributed by atoms with Crippen LogP contribution >= 0.6 is 12.6 Å². The van der Waals surface area contributed by atoms with Crippen molar-refractivity contribution in [3.05, 3.63) is 18.1 Å². The molecule has 0 aliphatic carbocycles. The number of thiol groups is 1. The second-order valence-corrected chi connectivity index (χ2v) is 11.9. The molecule has 2 aromatic heterocycles. The molecule has 1 amide bonds. The lowest BCUT2D eigenvalue weighted by molar-refractivity contribution is -0.121. The van der Waals surface area contributed by atoms with Crippen molar-refractivity contribution in [2.75, 3.05) is 146 Å². The number of hydrogen-bond donors (Lipinski definition) is 2. The molecule has 0 aromatic carbocycles. The van der Waals surface area contributed by atoms with E-state index < -0.39 is 0 Å². The number of amides is 1. The van der Waals surface area contributed by atoms with Crippen LogP contribution in [0.15, 0.2) is 17.4 Å². The van der Waals surface area contributed by atoms with E-state index in [4.69, 9.17) is 42.6 Å². The maximum Gasteiger partial charge on any atom is 0.222 e. The van der Waals surface area contributed by atoms with Crippen LogP contribution in [0.5, 0.6) is 0 Å². The number of aryl methyl sites for hydroxylation is 1. The molecular weight excluding hydrogens is 737 g/mol. The van der Waals surface area contributed by atoms with Gasteiger partial charge in [-0.25, -0.2) is 9.36 Å². The number of aromatic nitrogens is 6. The number of nitrogens with one attached hydrogen (secondary N) is 1. The highest BCUT2D eigenvalue weighted by molar-refractivity contribution is 7.80. The molecule has 19 heteroatoms. The lowest BCUT2D eigenvalue weighted by Gasteiger charge is -2.22. The lowest BCUT2D eigenvalue weighted by Crippen LogP contribution is -2.34. The van der Waals surface area contributed by atoms with Gasteiger partial charge >= 0.3 is 0 Å². The normalized spacial score (nSPS) is 11.0. The molecule has 0 saturated heterocycles. The van der Waals surface area contributed by atoms with Crippen molar-refractivity contribution >= 4 is 18.5 Å². The summed E-state index contributed by atoms with van der Waals surface area (Å²) in [4.78, 5) is 13.4. The summed E-state index contributed by atoms with van der Waals surface area (Å²) in [6, 6.07) is 0. The second kappa shape index (κ2) is 41.3. The third-order valence-corrected chi connectivity index (χ3v) is 6.95. The zero-order valence-electron chi connectivity index (χ0n) is 34.5. The molecule has 55 heavy (non-hydrogen) atoms. The van der Waals surface area contributed by atoms with E-state index in [2.05, 4.69) is 57.3 Å². The highest BCUT2D eigenvalue weighted by Gasteiger charge is 2.06. The number of hydrogen-bond acceptors (Lipinski definition) is 16. The van der Waals surface area contributed by atoms with Gasteiger partial charge in [0.05, 0.1) is 144 Å². The standard InChI is InChI=1S/C31H58N8O10S.C3H8.C2H6/c1-29-27-38(35-33-29)7-13-45-19-25-48-23-17-43-11-5-37(4-10-42-16-22-47-21-15-41-9-3-30(40)32-2)6-12-44-18-24-49-26-20-46-14-8-39-28-31(50)34-36-39;1-3-2;1-2/h27-28,50H,3-26H2,1-2H3,(H,32,40);3H2,1-2H3;1-2H3. The Bertz CT molecular complexity index is 1030. The first-order chi connectivity index (χ1) is 27.0. The van der Waals surface area contributed by atoms with Crippen LogP contribution in [-0.4, -0.2) is 186 Å². The van der Waals surface area contributed by atoms with E-state index in [1.807, 2.05) is 27.0 Å². The fraction of sp³-hybridized carbons (Fsp3) is 0.861. The molecule has 0 bridgehead atoms. The molecule has 18 nitrogen and oxygen atoms in total. The van der Waals surface area contributed by atoms with Crippen molar-refractivity contribution in [1.82, 2.24) is 40.2 Å². The molecule has 0 aliphatic heterocycles. The van der Waals surface area contributed by atoms with Gasteiger partial charge in [-0.2, -0.15) is 0 Å². The molecule has 322 valence electrons. The van der Waals surface area contributed by atoms with Crippen molar-refractivity contribution in [2.45, 2.75) is 65.6 Å². The van der Waals surface area contributed by atoms with Crippen LogP contribution in [0.4, 0.5) is 0 Å². The van der Waals surface area contributed by atoms with Gasteiger partial charge in [-0.15, -0.1) is 22.8 Å². The topological polar surface area (TPSA) is 177 Å². The zero-order chi connectivity index (χ0) is 40.5. The summed E-state index contributed by atoms with van der Waals surface area (Å²) in [5, 5.41) is 18.8. The molecule has 0 aliphatic rings. The van der Waals surface area contributed by atoms with E-state index in [1.54, 1.807) is 22.6 Å². The smallest absolute Gasteiger partial charge is 0.222 e. The number of carbonyl (C=O) groups excluding carboxylic acids is 1. The summed E-state index contributed by atoms with van der Waals surface area (Å²) in [5.41, 5.74) is 0.888. The van der Waals surface area contributed by atoms with Gasteiger partial charge in [0.25, 0.3) is 0 Å². The van der Waals surface area contributed by atoms with E-state index in [1.165, 1.54) is 6.42 Å². The van der Waals surface area contributed by atoms with Crippen LogP contribution in [0.25, 0.3) is 0 Å². The van der Waals surface area contributed by atoms with E-state index >= 15 is 0 Å². The lowest BCUT2D eigenvalue weighted by atomic mass is 10.4. The SMILES string of the molecule is CC.CCC.CNC(=O)CCOCCOCCOCCN(CCOCCOCCOCCn1cc(C)nn1)CCOCCOCCOCCn1cc(S)nn1. The second-order valence-electron chi connectivity index (χ2n) is 11.4. The Balaban J connectivity index is 0.00000554. The molecular formula is C36H72N8O10S. The van der Waals surface area contributed by atoms with E-state index in [0.717, 1.165) is 25.3 Å². The Morgan fingerprint density at radius 2 is 0.945 bits per heavy atom. The third kappa shape index (κ3) is 35.8. The molecule has 2 aromatic rings.